The summed E-state index contributed by atoms with van der Waals surface area (Å²) >= 11 is 0. The van der Waals surface area contributed by atoms with Gasteiger partial charge in [-0.3, -0.25) is 14.5 Å². The molecule has 0 spiro atoms. The van der Waals surface area contributed by atoms with Gasteiger partial charge in [0.1, 0.15) is 5.78 Å². The summed E-state index contributed by atoms with van der Waals surface area (Å²) in [4.78, 5) is 23.2. The zero-order valence-corrected chi connectivity index (χ0v) is 7.83. The minimum absolute atomic E-state index is 0.0538. The van der Waals surface area contributed by atoms with Gasteiger partial charge in [-0.25, -0.2) is 0 Å². The third-order valence-electron chi connectivity index (χ3n) is 1.90. The number of hydrogen-bond acceptors (Lipinski definition) is 3. The van der Waals surface area contributed by atoms with Crippen molar-refractivity contribution in [3.05, 3.63) is 0 Å². The highest BCUT2D eigenvalue weighted by atomic mass is 16.1. The molecule has 0 saturated carbocycles. The van der Waals surface area contributed by atoms with Crippen LogP contribution in [0, 0.1) is 0 Å². The molecule has 0 aromatic carbocycles. The van der Waals surface area contributed by atoms with E-state index in [-0.39, 0.29) is 18.4 Å². The second-order valence-corrected chi connectivity index (χ2v) is 2.82. The molecule has 0 fully saturated rings. The summed E-state index contributed by atoms with van der Waals surface area (Å²) in [5.74, 6) is -0.344. The van der Waals surface area contributed by atoms with Gasteiger partial charge in [0.05, 0.1) is 12.6 Å². The first-order valence-electron chi connectivity index (χ1n) is 4.01. The number of ketones is 1. The Morgan fingerprint density at radius 2 is 2.00 bits per heavy atom. The van der Waals surface area contributed by atoms with Crippen molar-refractivity contribution in [2.75, 3.05) is 13.1 Å². The lowest BCUT2D eigenvalue weighted by Gasteiger charge is -2.23. The lowest BCUT2D eigenvalue weighted by atomic mass is 10.2. The van der Waals surface area contributed by atoms with E-state index in [1.54, 1.807) is 11.8 Å². The van der Waals surface area contributed by atoms with E-state index in [0.29, 0.717) is 6.54 Å². The van der Waals surface area contributed by atoms with Crippen molar-refractivity contribution in [2.24, 2.45) is 5.73 Å². The Balaban J connectivity index is 4.14. The zero-order chi connectivity index (χ0) is 9.72. The molecule has 2 N–H and O–H groups in total. The molecule has 0 aliphatic rings. The summed E-state index contributed by atoms with van der Waals surface area (Å²) in [6.45, 7) is 5.98. The summed E-state index contributed by atoms with van der Waals surface area (Å²) in [7, 11) is 0. The van der Waals surface area contributed by atoms with Crippen LogP contribution in [0.3, 0.4) is 0 Å². The molecule has 0 radical (unpaired) electrons. The summed E-state index contributed by atoms with van der Waals surface area (Å²) in [6, 6.07) is -0.220. The molecule has 0 aromatic rings. The Labute approximate surface area is 72.7 Å². The van der Waals surface area contributed by atoms with Gasteiger partial charge < -0.3 is 5.73 Å². The highest BCUT2D eigenvalue weighted by Crippen LogP contribution is 1.98. The fourth-order valence-electron chi connectivity index (χ4n) is 0.980. The van der Waals surface area contributed by atoms with Crippen LogP contribution in [0.2, 0.25) is 0 Å². The van der Waals surface area contributed by atoms with Gasteiger partial charge in [-0.1, -0.05) is 6.92 Å². The van der Waals surface area contributed by atoms with Crippen molar-refractivity contribution in [1.29, 1.82) is 0 Å². The first kappa shape index (κ1) is 11.1. The molecule has 0 bridgehead atoms. The van der Waals surface area contributed by atoms with E-state index in [1.807, 2.05) is 6.92 Å². The van der Waals surface area contributed by atoms with E-state index in [0.717, 1.165) is 0 Å². The summed E-state index contributed by atoms with van der Waals surface area (Å²) < 4.78 is 0. The van der Waals surface area contributed by atoms with Crippen LogP contribution in [0.15, 0.2) is 0 Å². The van der Waals surface area contributed by atoms with Crippen LogP contribution in [-0.4, -0.2) is 35.7 Å². The quantitative estimate of drug-likeness (QED) is 0.623. The zero-order valence-electron chi connectivity index (χ0n) is 7.83. The Hall–Kier alpha value is -0.900. The molecule has 0 heterocycles. The molecule has 70 valence electrons. The maximum Gasteiger partial charge on any atom is 0.231 e. The fraction of sp³-hybridized carbons (Fsp3) is 0.750. The molecule has 0 aliphatic carbocycles. The molecular formula is C8H16N2O2. The fourth-order valence-corrected chi connectivity index (χ4v) is 0.980. The molecule has 4 nitrogen and oxygen atoms in total. The highest BCUT2D eigenvalue weighted by molar-refractivity contribution is 5.82. The Morgan fingerprint density at radius 3 is 2.25 bits per heavy atom. The smallest absolute Gasteiger partial charge is 0.231 e. The van der Waals surface area contributed by atoms with E-state index < -0.39 is 5.91 Å². The Bertz CT molecular complexity index is 180. The van der Waals surface area contributed by atoms with E-state index >= 15 is 0 Å². The predicted molar refractivity (Wildman–Crippen MR) is 46.6 cm³/mol. The number of carbonyl (C=O) groups is 2. The van der Waals surface area contributed by atoms with Crippen molar-refractivity contribution in [3.63, 3.8) is 0 Å². The molecule has 0 aliphatic heterocycles. The molecular weight excluding hydrogens is 156 g/mol. The van der Waals surface area contributed by atoms with E-state index in [9.17, 15) is 9.59 Å². The number of amides is 1. The number of nitrogens with two attached hydrogens (primary N) is 1. The number of likely N-dealkylation sites (N-methyl/N-ethyl adjacent to an activating group) is 1. The molecule has 1 amide bonds. The van der Waals surface area contributed by atoms with Gasteiger partial charge in [0.2, 0.25) is 5.91 Å². The van der Waals surface area contributed by atoms with Crippen molar-refractivity contribution in [1.82, 2.24) is 4.90 Å². The number of Topliss-reactive ketones (excluding diaryl/α,β-unsaturated/α-hetero) is 1. The average Bonchev–Trinajstić information content (AvgIpc) is 1.98. The van der Waals surface area contributed by atoms with Crippen molar-refractivity contribution >= 4 is 11.7 Å². The van der Waals surface area contributed by atoms with Gasteiger partial charge in [-0.05, 0) is 20.4 Å². The second kappa shape index (κ2) is 4.87. The van der Waals surface area contributed by atoms with Gasteiger partial charge in [0, 0.05) is 0 Å². The maximum absolute atomic E-state index is 10.9. The normalized spacial score (nSPS) is 13.0. The summed E-state index contributed by atoms with van der Waals surface area (Å²) in [5, 5.41) is 0. The molecule has 0 rings (SSSR count). The number of primary amides is 1. The van der Waals surface area contributed by atoms with E-state index in [4.69, 9.17) is 5.73 Å². The number of hydrogen-bond donors (Lipinski definition) is 1. The highest BCUT2D eigenvalue weighted by Gasteiger charge is 2.17. The van der Waals surface area contributed by atoms with Crippen LogP contribution in [-0.2, 0) is 9.59 Å². The van der Waals surface area contributed by atoms with Gasteiger partial charge in [-0.15, -0.1) is 0 Å². The second-order valence-electron chi connectivity index (χ2n) is 2.82. The standard InChI is InChI=1S/C8H16N2O2/c1-4-10(5-8(9)12)6(2)7(3)11/h6H,4-5H2,1-3H3,(H2,9,12). The lowest BCUT2D eigenvalue weighted by molar-refractivity contribution is -0.124. The average molecular weight is 172 g/mol. The van der Waals surface area contributed by atoms with Crippen LogP contribution < -0.4 is 5.73 Å². The number of nitrogens with zero attached hydrogens (tertiary/aromatic N) is 1. The summed E-state index contributed by atoms with van der Waals surface area (Å²) in [5.41, 5.74) is 5.01. The van der Waals surface area contributed by atoms with E-state index in [1.165, 1.54) is 6.92 Å². The Kier molecular flexibility index (Phi) is 4.51. The van der Waals surface area contributed by atoms with Crippen molar-refractivity contribution in [3.8, 4) is 0 Å². The molecule has 1 unspecified atom stereocenters. The predicted octanol–water partition coefficient (Wildman–Crippen LogP) is -0.229. The number of carbonyl (C=O) groups excluding carboxylic acids is 2. The van der Waals surface area contributed by atoms with E-state index in [2.05, 4.69) is 0 Å². The first-order valence-corrected chi connectivity index (χ1v) is 4.01. The van der Waals surface area contributed by atoms with Crippen LogP contribution in [0.4, 0.5) is 0 Å². The van der Waals surface area contributed by atoms with Gasteiger partial charge in [0.25, 0.3) is 0 Å². The molecule has 12 heavy (non-hydrogen) atoms. The minimum Gasteiger partial charge on any atom is -0.369 e. The third-order valence-corrected chi connectivity index (χ3v) is 1.90. The molecule has 0 saturated heterocycles. The lowest BCUT2D eigenvalue weighted by Crippen LogP contribution is -2.42. The monoisotopic (exact) mass is 172 g/mol. The van der Waals surface area contributed by atoms with Crippen LogP contribution >= 0.6 is 0 Å². The molecule has 0 aromatic heterocycles. The summed E-state index contributed by atoms with van der Waals surface area (Å²) in [6.07, 6.45) is 0. The van der Waals surface area contributed by atoms with Gasteiger partial charge in [-0.2, -0.15) is 0 Å². The molecule has 4 heteroatoms. The first-order chi connectivity index (χ1) is 5.49. The van der Waals surface area contributed by atoms with Crippen molar-refractivity contribution < 1.29 is 9.59 Å². The van der Waals surface area contributed by atoms with Crippen molar-refractivity contribution in [2.45, 2.75) is 26.8 Å². The number of rotatable bonds is 5. The largest absolute Gasteiger partial charge is 0.369 e. The van der Waals surface area contributed by atoms with Gasteiger partial charge in [0.15, 0.2) is 0 Å². The topological polar surface area (TPSA) is 63.4 Å². The molecule has 1 atom stereocenters. The van der Waals surface area contributed by atoms with Crippen LogP contribution in [0.25, 0.3) is 0 Å². The third kappa shape index (κ3) is 3.48. The SMILES string of the molecule is CCN(CC(N)=O)C(C)C(C)=O. The Morgan fingerprint density at radius 1 is 1.50 bits per heavy atom. The minimum atomic E-state index is -0.398. The van der Waals surface area contributed by atoms with Crippen LogP contribution in [0.5, 0.6) is 0 Å². The van der Waals surface area contributed by atoms with Crippen LogP contribution in [0.1, 0.15) is 20.8 Å². The maximum atomic E-state index is 10.9. The van der Waals surface area contributed by atoms with Gasteiger partial charge >= 0.3 is 0 Å².